The molecule has 98 valence electrons. The summed E-state index contributed by atoms with van der Waals surface area (Å²) in [7, 11) is 1.47. The number of hydrogen-bond acceptors (Lipinski definition) is 4. The van der Waals surface area contributed by atoms with Gasteiger partial charge in [-0.1, -0.05) is 6.42 Å². The summed E-state index contributed by atoms with van der Waals surface area (Å²) < 4.78 is 29.9. The predicted octanol–water partition coefficient (Wildman–Crippen LogP) is 1.94. The number of nitrogens with two attached hydrogens (primary N) is 1. The molecule has 1 aromatic rings. The minimum Gasteiger partial charge on any atom is -0.493 e. The molecule has 4 nitrogen and oxygen atoms in total. The Morgan fingerprint density at radius 3 is 2.78 bits per heavy atom. The van der Waals surface area contributed by atoms with E-state index in [4.69, 9.17) is 19.9 Å². The summed E-state index contributed by atoms with van der Waals surface area (Å²) in [5, 5.41) is 0. The third-order valence-corrected chi connectivity index (χ3v) is 4.04. The van der Waals surface area contributed by atoms with Gasteiger partial charge in [-0.2, -0.15) is 4.39 Å². The Morgan fingerprint density at radius 1 is 1.44 bits per heavy atom. The fourth-order valence-electron chi connectivity index (χ4n) is 2.77. The average Bonchev–Trinajstić information content (AvgIpc) is 2.77. The molecule has 0 amide bonds. The van der Waals surface area contributed by atoms with Crippen molar-refractivity contribution < 1.29 is 18.6 Å². The van der Waals surface area contributed by atoms with E-state index in [2.05, 4.69) is 0 Å². The lowest BCUT2D eigenvalue weighted by Gasteiger charge is -2.42. The molecule has 1 heterocycles. The zero-order valence-corrected chi connectivity index (χ0v) is 10.3. The Hall–Kier alpha value is -1.49. The van der Waals surface area contributed by atoms with E-state index >= 15 is 0 Å². The number of methoxy groups -OCH3 is 1. The van der Waals surface area contributed by atoms with E-state index in [1.165, 1.54) is 7.11 Å². The maximum Gasteiger partial charge on any atom is 0.231 e. The fraction of sp³-hybridized carbons (Fsp3) is 0.538. The van der Waals surface area contributed by atoms with Crippen LogP contribution in [0.1, 0.15) is 24.8 Å². The first-order valence-corrected chi connectivity index (χ1v) is 6.08. The van der Waals surface area contributed by atoms with Gasteiger partial charge in [0, 0.05) is 17.5 Å². The molecular formula is C13H16FNO3. The van der Waals surface area contributed by atoms with Crippen LogP contribution < -0.4 is 19.9 Å². The first kappa shape index (κ1) is 11.6. The van der Waals surface area contributed by atoms with Crippen LogP contribution in [0.25, 0.3) is 0 Å². The maximum absolute atomic E-state index is 14.3. The van der Waals surface area contributed by atoms with Gasteiger partial charge in [0.15, 0.2) is 11.5 Å². The number of benzene rings is 1. The van der Waals surface area contributed by atoms with Gasteiger partial charge < -0.3 is 19.9 Å². The van der Waals surface area contributed by atoms with Gasteiger partial charge in [0.1, 0.15) is 0 Å². The minimum absolute atomic E-state index is 0.0501. The highest BCUT2D eigenvalue weighted by atomic mass is 19.1. The standard InChI is InChI=1S/C13H16FNO3/c1-16-11-8(13(6-15)3-2-4-13)5-9-12(10(11)14)18-7-17-9/h5H,2-4,6-7,15H2,1H3. The number of ether oxygens (including phenoxy) is 3. The second-order valence-electron chi connectivity index (χ2n) is 4.84. The Balaban J connectivity index is 2.17. The number of fused-ring (bicyclic) bond motifs is 1. The van der Waals surface area contributed by atoms with Gasteiger partial charge in [-0.15, -0.1) is 0 Å². The highest BCUT2D eigenvalue weighted by molar-refractivity contribution is 5.56. The Kier molecular flexibility index (Phi) is 2.59. The summed E-state index contributed by atoms with van der Waals surface area (Å²) in [5.41, 5.74) is 6.50. The molecular weight excluding hydrogens is 237 g/mol. The highest BCUT2D eigenvalue weighted by Gasteiger charge is 2.42. The smallest absolute Gasteiger partial charge is 0.231 e. The molecule has 3 rings (SSSR count). The molecule has 0 radical (unpaired) electrons. The van der Waals surface area contributed by atoms with Crippen molar-refractivity contribution in [2.45, 2.75) is 24.7 Å². The van der Waals surface area contributed by atoms with Gasteiger partial charge in [0.2, 0.25) is 18.4 Å². The van der Waals surface area contributed by atoms with Crippen molar-refractivity contribution >= 4 is 0 Å². The molecule has 0 atom stereocenters. The number of halogens is 1. The zero-order chi connectivity index (χ0) is 12.8. The lowest BCUT2D eigenvalue weighted by atomic mass is 9.64. The molecule has 2 N–H and O–H groups in total. The zero-order valence-electron chi connectivity index (χ0n) is 10.3. The van der Waals surface area contributed by atoms with E-state index in [-0.39, 0.29) is 23.7 Å². The Morgan fingerprint density at radius 2 is 2.22 bits per heavy atom. The van der Waals surface area contributed by atoms with Crippen LogP contribution in [-0.2, 0) is 5.41 Å². The second kappa shape index (κ2) is 4.02. The molecule has 0 unspecified atom stereocenters. The van der Waals surface area contributed by atoms with Crippen molar-refractivity contribution in [1.29, 1.82) is 0 Å². The molecule has 5 heteroatoms. The topological polar surface area (TPSA) is 53.7 Å². The van der Waals surface area contributed by atoms with Crippen LogP contribution in [-0.4, -0.2) is 20.4 Å². The third kappa shape index (κ3) is 1.40. The molecule has 18 heavy (non-hydrogen) atoms. The molecule has 1 aromatic carbocycles. The van der Waals surface area contributed by atoms with Crippen molar-refractivity contribution in [3.8, 4) is 17.2 Å². The maximum atomic E-state index is 14.3. The van der Waals surface area contributed by atoms with Crippen LogP contribution in [0.15, 0.2) is 6.07 Å². The van der Waals surface area contributed by atoms with E-state index in [1.807, 2.05) is 6.07 Å². The van der Waals surface area contributed by atoms with E-state index in [9.17, 15) is 4.39 Å². The summed E-state index contributed by atoms with van der Waals surface area (Å²) in [5.74, 6) is 0.344. The van der Waals surface area contributed by atoms with Gasteiger partial charge >= 0.3 is 0 Å². The van der Waals surface area contributed by atoms with Crippen molar-refractivity contribution in [2.75, 3.05) is 20.4 Å². The molecule has 1 aliphatic heterocycles. The van der Waals surface area contributed by atoms with Gasteiger partial charge in [-0.25, -0.2) is 0 Å². The van der Waals surface area contributed by atoms with Crippen LogP contribution in [0.3, 0.4) is 0 Å². The summed E-state index contributed by atoms with van der Waals surface area (Å²) in [6.45, 7) is 0.539. The normalized spacial score (nSPS) is 19.5. The highest BCUT2D eigenvalue weighted by Crippen LogP contribution is 2.51. The molecule has 0 spiro atoms. The Labute approximate surface area is 105 Å². The Bertz CT molecular complexity index is 480. The van der Waals surface area contributed by atoms with E-state index < -0.39 is 5.82 Å². The van der Waals surface area contributed by atoms with Crippen molar-refractivity contribution in [3.63, 3.8) is 0 Å². The van der Waals surface area contributed by atoms with Crippen molar-refractivity contribution in [2.24, 2.45) is 5.73 Å². The predicted molar refractivity (Wildman–Crippen MR) is 63.7 cm³/mol. The summed E-state index contributed by atoms with van der Waals surface area (Å²) in [6.07, 6.45) is 3.02. The lowest BCUT2D eigenvalue weighted by molar-refractivity contribution is 0.170. The van der Waals surface area contributed by atoms with Crippen LogP contribution >= 0.6 is 0 Å². The molecule has 1 fully saturated rings. The fourth-order valence-corrected chi connectivity index (χ4v) is 2.77. The minimum atomic E-state index is -0.484. The first-order chi connectivity index (χ1) is 8.72. The molecule has 0 saturated heterocycles. The van der Waals surface area contributed by atoms with Crippen LogP contribution in [0.2, 0.25) is 0 Å². The van der Waals surface area contributed by atoms with E-state index in [0.29, 0.717) is 12.3 Å². The van der Waals surface area contributed by atoms with Gasteiger partial charge in [-0.05, 0) is 18.9 Å². The number of rotatable bonds is 3. The summed E-state index contributed by atoms with van der Waals surface area (Å²) in [4.78, 5) is 0. The van der Waals surface area contributed by atoms with Gasteiger partial charge in [0.25, 0.3) is 0 Å². The third-order valence-electron chi connectivity index (χ3n) is 4.04. The molecule has 1 saturated carbocycles. The summed E-state index contributed by atoms with van der Waals surface area (Å²) >= 11 is 0. The molecule has 1 aliphatic carbocycles. The van der Waals surface area contributed by atoms with E-state index in [0.717, 1.165) is 24.8 Å². The second-order valence-corrected chi connectivity index (χ2v) is 4.84. The molecule has 2 aliphatic rings. The SMILES string of the molecule is COc1c(C2(CN)CCC2)cc2c(c1F)OCO2. The number of hydrogen-bond donors (Lipinski definition) is 1. The lowest BCUT2D eigenvalue weighted by Crippen LogP contribution is -2.41. The first-order valence-electron chi connectivity index (χ1n) is 6.08. The van der Waals surface area contributed by atoms with E-state index in [1.54, 1.807) is 0 Å². The van der Waals surface area contributed by atoms with Crippen LogP contribution in [0.5, 0.6) is 17.2 Å². The van der Waals surface area contributed by atoms with Crippen LogP contribution in [0.4, 0.5) is 4.39 Å². The molecule has 0 aromatic heterocycles. The monoisotopic (exact) mass is 253 g/mol. The van der Waals surface area contributed by atoms with Gasteiger partial charge in [0.05, 0.1) is 7.11 Å². The largest absolute Gasteiger partial charge is 0.493 e. The van der Waals surface area contributed by atoms with Gasteiger partial charge in [-0.3, -0.25) is 0 Å². The molecule has 0 bridgehead atoms. The quantitative estimate of drug-likeness (QED) is 0.894. The van der Waals surface area contributed by atoms with Crippen LogP contribution in [0, 0.1) is 5.82 Å². The average molecular weight is 253 g/mol. The van der Waals surface area contributed by atoms with Crippen molar-refractivity contribution in [1.82, 2.24) is 0 Å². The summed E-state index contributed by atoms with van der Waals surface area (Å²) in [6, 6.07) is 1.82. The van der Waals surface area contributed by atoms with Crippen molar-refractivity contribution in [3.05, 3.63) is 17.4 Å².